The zero-order valence-electron chi connectivity index (χ0n) is 30.3. The van der Waals surface area contributed by atoms with Crippen LogP contribution in [0.1, 0.15) is 22.3 Å². The minimum absolute atomic E-state index is 0.426. The van der Waals surface area contributed by atoms with Crippen LogP contribution in [0.5, 0.6) is 0 Å². The van der Waals surface area contributed by atoms with Crippen LogP contribution in [0.15, 0.2) is 200 Å². The zero-order valence-corrected chi connectivity index (χ0v) is 31.9. The molecule has 1 aliphatic carbocycles. The molecular weight excluding hydrogens is 715 g/mol. The lowest BCUT2D eigenvalue weighted by Crippen LogP contribution is -2.28. The van der Waals surface area contributed by atoms with Crippen molar-refractivity contribution in [3.05, 3.63) is 222 Å². The fourth-order valence-corrected chi connectivity index (χ4v) is 12.0. The van der Waals surface area contributed by atoms with E-state index >= 15 is 0 Å². The molecule has 0 N–H and O–H groups in total. The predicted octanol–water partition coefficient (Wildman–Crippen LogP) is 15.4. The molecule has 2 aromatic heterocycles. The second-order valence-corrected chi connectivity index (χ2v) is 16.9. The van der Waals surface area contributed by atoms with Gasteiger partial charge in [-0.2, -0.15) is 0 Å². The van der Waals surface area contributed by atoms with Crippen molar-refractivity contribution in [1.82, 2.24) is 0 Å². The third-order valence-corrected chi connectivity index (χ3v) is 14.4. The second-order valence-electron chi connectivity index (χ2n) is 14.8. The van der Waals surface area contributed by atoms with Crippen LogP contribution in [0.3, 0.4) is 0 Å². The van der Waals surface area contributed by atoms with Gasteiger partial charge in [0.15, 0.2) is 0 Å². The van der Waals surface area contributed by atoms with E-state index in [4.69, 9.17) is 0 Å². The maximum Gasteiger partial charge on any atom is 0.0713 e. The molecule has 0 atom stereocenters. The minimum Gasteiger partial charge on any atom is -0.310 e. The van der Waals surface area contributed by atoms with E-state index in [2.05, 4.69) is 205 Å². The van der Waals surface area contributed by atoms with Crippen molar-refractivity contribution in [2.45, 2.75) is 5.41 Å². The fraction of sp³-hybridized carbons (Fsp3) is 0.0189. The van der Waals surface area contributed by atoms with E-state index in [1.165, 1.54) is 84.5 Å². The van der Waals surface area contributed by atoms with Gasteiger partial charge in [0.05, 0.1) is 5.41 Å². The van der Waals surface area contributed by atoms with E-state index in [1.807, 2.05) is 22.7 Å². The van der Waals surface area contributed by atoms with E-state index in [1.54, 1.807) is 0 Å². The molecule has 0 unspecified atom stereocenters. The number of hydrogen-bond acceptors (Lipinski definition) is 3. The highest BCUT2D eigenvalue weighted by Crippen LogP contribution is 2.56. The van der Waals surface area contributed by atoms with Crippen molar-refractivity contribution in [3.8, 4) is 11.1 Å². The molecule has 9 aromatic carbocycles. The first kappa shape index (κ1) is 31.8. The topological polar surface area (TPSA) is 3.24 Å². The van der Waals surface area contributed by atoms with Crippen LogP contribution in [0.2, 0.25) is 0 Å². The van der Waals surface area contributed by atoms with Crippen LogP contribution < -0.4 is 4.90 Å². The number of rotatable bonds is 5. The molecule has 1 nitrogen and oxygen atoms in total. The van der Waals surface area contributed by atoms with Crippen LogP contribution in [-0.2, 0) is 5.41 Å². The Kier molecular flexibility index (Phi) is 6.95. The number of nitrogens with zero attached hydrogens (tertiary/aromatic N) is 1. The molecule has 0 saturated heterocycles. The van der Waals surface area contributed by atoms with Crippen molar-refractivity contribution >= 4 is 90.9 Å². The first-order valence-corrected chi connectivity index (χ1v) is 20.8. The Labute approximate surface area is 333 Å². The molecule has 0 saturated carbocycles. The summed E-state index contributed by atoms with van der Waals surface area (Å²) < 4.78 is 5.37. The quantitative estimate of drug-likeness (QED) is 0.169. The Balaban J connectivity index is 1.02. The molecule has 12 rings (SSSR count). The summed E-state index contributed by atoms with van der Waals surface area (Å²) in [6.07, 6.45) is 0. The summed E-state index contributed by atoms with van der Waals surface area (Å²) >= 11 is 3.82. The molecule has 0 spiro atoms. The lowest BCUT2D eigenvalue weighted by Gasteiger charge is -2.34. The van der Waals surface area contributed by atoms with Gasteiger partial charge in [-0.1, -0.05) is 158 Å². The SMILES string of the molecule is c1ccc(N(c2ccc(C3(c4ccccc4)c4ccccc4-c4ccccc43)cc2)c2ccc3c(c2)sc2c3ccc3c2ccc2c4ccccc4sc23)cc1. The number of hydrogen-bond donors (Lipinski definition) is 0. The maximum absolute atomic E-state index is 2.40. The average Bonchev–Trinajstić information content (AvgIpc) is 3.93. The molecule has 262 valence electrons. The third kappa shape index (κ3) is 4.47. The van der Waals surface area contributed by atoms with Crippen LogP contribution in [0, 0.1) is 0 Å². The highest BCUT2D eigenvalue weighted by atomic mass is 32.1. The van der Waals surface area contributed by atoms with E-state index < -0.39 is 5.41 Å². The summed E-state index contributed by atoms with van der Waals surface area (Å²) in [6, 6.07) is 74.2. The summed E-state index contributed by atoms with van der Waals surface area (Å²) in [5.74, 6) is 0. The van der Waals surface area contributed by atoms with E-state index in [-0.39, 0.29) is 0 Å². The molecule has 3 heteroatoms. The maximum atomic E-state index is 2.40. The Morgan fingerprint density at radius 3 is 1.43 bits per heavy atom. The number of anilines is 3. The summed E-state index contributed by atoms with van der Waals surface area (Å²) in [4.78, 5) is 2.40. The zero-order chi connectivity index (χ0) is 36.8. The smallest absolute Gasteiger partial charge is 0.0713 e. The van der Waals surface area contributed by atoms with E-state index in [0.29, 0.717) is 0 Å². The summed E-state index contributed by atoms with van der Waals surface area (Å²) in [5.41, 5.74) is 10.8. The van der Waals surface area contributed by atoms with Crippen LogP contribution in [0.4, 0.5) is 17.1 Å². The molecule has 2 heterocycles. The Hall–Kier alpha value is -6.52. The van der Waals surface area contributed by atoms with Gasteiger partial charge in [0.25, 0.3) is 0 Å². The lowest BCUT2D eigenvalue weighted by molar-refractivity contribution is 0.768. The van der Waals surface area contributed by atoms with Crippen molar-refractivity contribution in [2.24, 2.45) is 0 Å². The molecule has 0 aliphatic heterocycles. The molecule has 0 bridgehead atoms. The number of thiophene rings is 2. The van der Waals surface area contributed by atoms with Gasteiger partial charge >= 0.3 is 0 Å². The molecular formula is C53H33NS2. The number of fused-ring (bicyclic) bond motifs is 12. The van der Waals surface area contributed by atoms with Crippen LogP contribution in [-0.4, -0.2) is 0 Å². The first-order valence-electron chi connectivity index (χ1n) is 19.2. The van der Waals surface area contributed by atoms with Gasteiger partial charge in [0.2, 0.25) is 0 Å². The molecule has 11 aromatic rings. The van der Waals surface area contributed by atoms with Crippen molar-refractivity contribution in [2.75, 3.05) is 4.90 Å². The van der Waals surface area contributed by atoms with Crippen molar-refractivity contribution < 1.29 is 0 Å². The van der Waals surface area contributed by atoms with Gasteiger partial charge in [-0.15, -0.1) is 22.7 Å². The number of benzene rings is 9. The fourth-order valence-electron chi connectivity index (χ4n) is 9.55. The summed E-state index contributed by atoms with van der Waals surface area (Å²) in [6.45, 7) is 0. The first-order chi connectivity index (χ1) is 27.8. The normalized spacial score (nSPS) is 13.1. The van der Waals surface area contributed by atoms with Crippen LogP contribution >= 0.6 is 22.7 Å². The highest BCUT2D eigenvalue weighted by Gasteiger charge is 2.45. The van der Waals surface area contributed by atoms with Gasteiger partial charge in [0.1, 0.15) is 0 Å². The van der Waals surface area contributed by atoms with Crippen LogP contribution in [0.25, 0.3) is 62.2 Å². The Morgan fingerprint density at radius 2 is 0.768 bits per heavy atom. The average molecular weight is 748 g/mol. The minimum atomic E-state index is -0.426. The van der Waals surface area contributed by atoms with Gasteiger partial charge in [0, 0.05) is 68.2 Å². The summed E-state index contributed by atoms with van der Waals surface area (Å²) in [5, 5.41) is 8.00. The molecule has 1 aliphatic rings. The van der Waals surface area contributed by atoms with Gasteiger partial charge in [-0.3, -0.25) is 0 Å². The predicted molar refractivity (Wildman–Crippen MR) is 242 cm³/mol. The lowest BCUT2D eigenvalue weighted by atomic mass is 9.68. The van der Waals surface area contributed by atoms with Gasteiger partial charge < -0.3 is 4.90 Å². The molecule has 0 radical (unpaired) electrons. The van der Waals surface area contributed by atoms with E-state index in [0.717, 1.165) is 17.1 Å². The van der Waals surface area contributed by atoms with Crippen molar-refractivity contribution in [3.63, 3.8) is 0 Å². The largest absolute Gasteiger partial charge is 0.310 e. The molecule has 0 amide bonds. The second kappa shape index (κ2) is 12.2. The standard InChI is InChI=1S/C53H33NS2/c1-3-13-34(14-4-1)53(47-20-10-7-17-39(47)40-18-8-11-21-48(40)53)35-23-25-37(26-24-35)54(36-15-5-2-6-16-36)38-27-28-42-44-30-32-45-46(52(44)56-50(42)33-38)31-29-43-41-19-9-12-22-49(41)55-51(43)45/h1-33H. The Morgan fingerprint density at radius 1 is 0.321 bits per heavy atom. The highest BCUT2D eigenvalue weighted by molar-refractivity contribution is 7.28. The van der Waals surface area contributed by atoms with Gasteiger partial charge in [-0.25, -0.2) is 0 Å². The van der Waals surface area contributed by atoms with Crippen molar-refractivity contribution in [1.29, 1.82) is 0 Å². The summed E-state index contributed by atoms with van der Waals surface area (Å²) in [7, 11) is 0. The third-order valence-electron chi connectivity index (χ3n) is 11.9. The Bertz CT molecular complexity index is 3260. The molecule has 0 fully saturated rings. The van der Waals surface area contributed by atoms with E-state index in [9.17, 15) is 0 Å². The van der Waals surface area contributed by atoms with Gasteiger partial charge in [-0.05, 0) is 75.8 Å². The number of para-hydroxylation sites is 1. The monoisotopic (exact) mass is 747 g/mol. The molecule has 56 heavy (non-hydrogen) atoms.